The summed E-state index contributed by atoms with van der Waals surface area (Å²) in [6.07, 6.45) is 5.12. The van der Waals surface area contributed by atoms with Gasteiger partial charge in [-0.15, -0.1) is 0 Å². The summed E-state index contributed by atoms with van der Waals surface area (Å²) in [4.78, 5) is 0.466. The first-order valence-electron chi connectivity index (χ1n) is 7.81. The molecule has 0 heterocycles. The summed E-state index contributed by atoms with van der Waals surface area (Å²) in [5.41, 5.74) is 2.82. The highest BCUT2D eigenvalue weighted by molar-refractivity contribution is 9.09. The predicted molar refractivity (Wildman–Crippen MR) is 93.7 cm³/mol. The molecule has 108 valence electrons. The molecule has 0 radical (unpaired) electrons. The second-order valence-electron chi connectivity index (χ2n) is 5.76. The standard InChI is InChI=1S/C19H25Br/c1-4-8-15(9-5-2)19(20)18-13-12-14(3)16-10-6-7-11-17(16)18/h6-7,10-13,15,19H,4-5,8-9H2,1-3H3. The Morgan fingerprint density at radius 1 is 0.900 bits per heavy atom. The van der Waals surface area contributed by atoms with Crippen LogP contribution in [0.5, 0.6) is 0 Å². The van der Waals surface area contributed by atoms with Crippen LogP contribution >= 0.6 is 15.9 Å². The third-order valence-corrected chi connectivity index (χ3v) is 5.45. The van der Waals surface area contributed by atoms with Crippen LogP contribution in [-0.2, 0) is 0 Å². The van der Waals surface area contributed by atoms with E-state index in [1.54, 1.807) is 0 Å². The first-order valence-corrected chi connectivity index (χ1v) is 8.72. The van der Waals surface area contributed by atoms with Gasteiger partial charge in [-0.3, -0.25) is 0 Å². The number of halogens is 1. The van der Waals surface area contributed by atoms with Gasteiger partial charge >= 0.3 is 0 Å². The number of hydrogen-bond acceptors (Lipinski definition) is 0. The fourth-order valence-corrected chi connectivity index (χ4v) is 4.07. The van der Waals surface area contributed by atoms with E-state index in [0.29, 0.717) is 4.83 Å². The summed E-state index contributed by atoms with van der Waals surface area (Å²) in [6.45, 7) is 6.77. The Morgan fingerprint density at radius 3 is 2.10 bits per heavy atom. The average Bonchev–Trinajstić information content (AvgIpc) is 2.47. The van der Waals surface area contributed by atoms with Crippen LogP contribution in [0.1, 0.15) is 55.5 Å². The summed E-state index contributed by atoms with van der Waals surface area (Å²) in [5.74, 6) is 0.733. The molecule has 0 fully saturated rings. The van der Waals surface area contributed by atoms with Crippen molar-refractivity contribution in [3.05, 3.63) is 47.5 Å². The van der Waals surface area contributed by atoms with Gasteiger partial charge in [-0.25, -0.2) is 0 Å². The molecule has 2 rings (SSSR count). The maximum atomic E-state index is 4.00. The van der Waals surface area contributed by atoms with Gasteiger partial charge < -0.3 is 0 Å². The first kappa shape index (κ1) is 15.6. The molecule has 0 saturated heterocycles. The van der Waals surface area contributed by atoms with E-state index in [-0.39, 0.29) is 0 Å². The van der Waals surface area contributed by atoms with Crippen LogP contribution < -0.4 is 0 Å². The van der Waals surface area contributed by atoms with Gasteiger partial charge in [-0.1, -0.05) is 79.0 Å². The molecule has 2 aromatic rings. The first-order chi connectivity index (χ1) is 9.69. The van der Waals surface area contributed by atoms with E-state index in [1.165, 1.54) is 47.6 Å². The molecule has 20 heavy (non-hydrogen) atoms. The minimum atomic E-state index is 0.466. The number of alkyl halides is 1. The van der Waals surface area contributed by atoms with Crippen LogP contribution in [-0.4, -0.2) is 0 Å². The monoisotopic (exact) mass is 332 g/mol. The predicted octanol–water partition coefficient (Wildman–Crippen LogP) is 6.80. The normalized spacial score (nSPS) is 13.1. The van der Waals surface area contributed by atoms with Gasteiger partial charge in [0.25, 0.3) is 0 Å². The third-order valence-electron chi connectivity index (χ3n) is 4.21. The van der Waals surface area contributed by atoms with Gasteiger partial charge in [0.05, 0.1) is 0 Å². The second kappa shape index (κ2) is 7.26. The molecule has 0 aliphatic rings. The van der Waals surface area contributed by atoms with Crippen molar-refractivity contribution in [2.24, 2.45) is 5.92 Å². The Morgan fingerprint density at radius 2 is 1.50 bits per heavy atom. The average molecular weight is 333 g/mol. The van der Waals surface area contributed by atoms with Crippen LogP contribution in [0.25, 0.3) is 10.8 Å². The molecular formula is C19H25Br. The molecule has 1 atom stereocenters. The fourth-order valence-electron chi connectivity index (χ4n) is 3.15. The van der Waals surface area contributed by atoms with E-state index < -0.39 is 0 Å². The minimum absolute atomic E-state index is 0.466. The van der Waals surface area contributed by atoms with E-state index in [0.717, 1.165) is 5.92 Å². The number of fused-ring (bicyclic) bond motifs is 1. The van der Waals surface area contributed by atoms with E-state index in [1.807, 2.05) is 0 Å². The van der Waals surface area contributed by atoms with Crippen molar-refractivity contribution in [1.29, 1.82) is 0 Å². The third kappa shape index (κ3) is 3.25. The Kier molecular flexibility index (Phi) is 5.65. The summed E-state index contributed by atoms with van der Waals surface area (Å²) in [5, 5.41) is 2.80. The maximum Gasteiger partial charge on any atom is 0.0429 e. The van der Waals surface area contributed by atoms with Crippen molar-refractivity contribution in [1.82, 2.24) is 0 Å². The molecule has 0 aromatic heterocycles. The molecular weight excluding hydrogens is 308 g/mol. The molecule has 0 nitrogen and oxygen atoms in total. The highest BCUT2D eigenvalue weighted by Gasteiger charge is 2.21. The zero-order chi connectivity index (χ0) is 14.5. The number of benzene rings is 2. The lowest BCUT2D eigenvalue weighted by Gasteiger charge is -2.24. The lowest BCUT2D eigenvalue weighted by molar-refractivity contribution is 0.436. The molecule has 0 saturated carbocycles. The molecule has 1 heteroatoms. The lowest BCUT2D eigenvalue weighted by atomic mass is 9.88. The minimum Gasteiger partial charge on any atom is -0.0836 e. The van der Waals surface area contributed by atoms with Crippen LogP contribution in [0.3, 0.4) is 0 Å². The van der Waals surface area contributed by atoms with Gasteiger partial charge in [0.2, 0.25) is 0 Å². The van der Waals surface area contributed by atoms with Crippen molar-refractivity contribution in [2.45, 2.75) is 51.3 Å². The molecule has 0 aliphatic carbocycles. The highest BCUT2D eigenvalue weighted by Crippen LogP contribution is 2.40. The molecule has 0 aliphatic heterocycles. The van der Waals surface area contributed by atoms with Crippen LogP contribution in [0.2, 0.25) is 0 Å². The van der Waals surface area contributed by atoms with E-state index in [2.05, 4.69) is 73.1 Å². The maximum absolute atomic E-state index is 4.00. The van der Waals surface area contributed by atoms with Gasteiger partial charge in [0.15, 0.2) is 0 Å². The van der Waals surface area contributed by atoms with Gasteiger partial charge in [-0.2, -0.15) is 0 Å². The van der Waals surface area contributed by atoms with Crippen molar-refractivity contribution >= 4 is 26.7 Å². The smallest absolute Gasteiger partial charge is 0.0429 e. The van der Waals surface area contributed by atoms with E-state index >= 15 is 0 Å². The molecule has 0 N–H and O–H groups in total. The van der Waals surface area contributed by atoms with Crippen molar-refractivity contribution in [3.63, 3.8) is 0 Å². The van der Waals surface area contributed by atoms with Gasteiger partial charge in [-0.05, 0) is 47.6 Å². The summed E-state index contributed by atoms with van der Waals surface area (Å²) in [6, 6.07) is 13.4. The lowest BCUT2D eigenvalue weighted by Crippen LogP contribution is -2.08. The van der Waals surface area contributed by atoms with Crippen LogP contribution in [0.15, 0.2) is 36.4 Å². The molecule has 0 amide bonds. The van der Waals surface area contributed by atoms with Crippen molar-refractivity contribution < 1.29 is 0 Å². The topological polar surface area (TPSA) is 0 Å². The van der Waals surface area contributed by atoms with E-state index in [4.69, 9.17) is 0 Å². The second-order valence-corrected chi connectivity index (χ2v) is 6.74. The van der Waals surface area contributed by atoms with E-state index in [9.17, 15) is 0 Å². The van der Waals surface area contributed by atoms with Crippen molar-refractivity contribution in [2.75, 3.05) is 0 Å². The van der Waals surface area contributed by atoms with Gasteiger partial charge in [0, 0.05) is 4.83 Å². The molecule has 0 spiro atoms. The molecule has 1 unspecified atom stereocenters. The number of rotatable bonds is 6. The Balaban J connectivity index is 2.43. The molecule has 0 bridgehead atoms. The summed E-state index contributed by atoms with van der Waals surface area (Å²) < 4.78 is 0. The highest BCUT2D eigenvalue weighted by atomic mass is 79.9. The fraction of sp³-hybridized carbons (Fsp3) is 0.474. The zero-order valence-corrected chi connectivity index (χ0v) is 14.4. The Labute approximate surface area is 131 Å². The Hall–Kier alpha value is -0.820. The largest absolute Gasteiger partial charge is 0.0836 e. The summed E-state index contributed by atoms with van der Waals surface area (Å²) >= 11 is 4.00. The Bertz CT molecular complexity index is 553. The number of aryl methyl sites for hydroxylation is 1. The number of hydrogen-bond donors (Lipinski definition) is 0. The SMILES string of the molecule is CCCC(CCC)C(Br)c1ccc(C)c2ccccc12. The quantitative estimate of drug-likeness (QED) is 0.510. The van der Waals surface area contributed by atoms with Crippen LogP contribution in [0.4, 0.5) is 0 Å². The van der Waals surface area contributed by atoms with Gasteiger partial charge in [0.1, 0.15) is 0 Å². The summed E-state index contributed by atoms with van der Waals surface area (Å²) in [7, 11) is 0. The van der Waals surface area contributed by atoms with Crippen molar-refractivity contribution in [3.8, 4) is 0 Å². The van der Waals surface area contributed by atoms with Crippen LogP contribution in [0, 0.1) is 12.8 Å². The zero-order valence-electron chi connectivity index (χ0n) is 12.8. The molecule has 2 aromatic carbocycles.